The van der Waals surface area contributed by atoms with Gasteiger partial charge in [-0.15, -0.1) is 7.92 Å². The predicted octanol–water partition coefficient (Wildman–Crippen LogP) is 37.4. The molecule has 0 aliphatic heterocycles. The van der Waals surface area contributed by atoms with Crippen LogP contribution < -0.4 is 43.2 Å². The van der Waals surface area contributed by atoms with E-state index >= 15 is 0 Å². The topological polar surface area (TPSA) is 129 Å². The SMILES string of the molecule is C1CCCC1.C1CCCC1.C1CCCC1.CC(C)C1C(C)CCC1C.CC(C)P(C)C1CCCC1[C@@H](C)P(C1CCCCC1)C1CCCCC1.CP(C)c1nc2ccccc2nc1[P@](C)C(C)(C)C.C[C@H](C1CCCC1P(c1ccccc1)c1ccccc1)P(C)(=O)C1CCCCC1.C[P@@](c1nc2ccccc2nc1P(C)(C)=O)C(C)(C)C.C[P@@](c1nc2ccccc2nc1P(C)(C)=O)C(C)(C)C.[CH3-].[CH3-].[CH3-].[CH3-].[CH3-].[CH3-].[Fe+2].[Fe+2].[Fe+2]. The van der Waals surface area contributed by atoms with Crippen LogP contribution in [0.15, 0.2) is 133 Å². The molecule has 5 aromatic carbocycles. The number of rotatable bonds is 19. The molecule has 9 saturated carbocycles. The van der Waals surface area contributed by atoms with Crippen LogP contribution in [0.4, 0.5) is 0 Å². The minimum Gasteiger partial charge on any atom is -0.358 e. The van der Waals surface area contributed by atoms with Crippen LogP contribution >= 0.6 is 76.9 Å². The molecule has 17 rings (SSSR count). The largest absolute Gasteiger partial charge is 2.00 e. The predicted molar refractivity (Wildman–Crippen MR) is 675 cm³/mol. The fraction of sp³-hybridized carbons (Fsp3) is 0.664. The normalized spacial score (nSPS) is 21.7. The van der Waals surface area contributed by atoms with Gasteiger partial charge in [0, 0.05) is 11.3 Å². The van der Waals surface area contributed by atoms with E-state index < -0.39 is 45.2 Å². The minimum atomic E-state index is -2.44. The van der Waals surface area contributed by atoms with E-state index in [9.17, 15) is 13.7 Å². The van der Waals surface area contributed by atoms with Crippen molar-refractivity contribution in [1.29, 1.82) is 0 Å². The van der Waals surface area contributed by atoms with Crippen LogP contribution in [0, 0.1) is 80.1 Å². The molecule has 9 aliphatic rings. The molecule has 0 N–H and O–H groups in total. The molecule has 0 amide bonds. The third-order valence-electron chi connectivity index (χ3n) is 32.5. The Morgan fingerprint density at radius 3 is 0.878 bits per heavy atom. The average Bonchev–Trinajstić information content (AvgIpc) is 1.74. The van der Waals surface area contributed by atoms with Gasteiger partial charge >= 0.3 is 51.2 Å². The minimum absolute atomic E-state index is 0. The first-order valence-electron chi connectivity index (χ1n) is 55.1. The summed E-state index contributed by atoms with van der Waals surface area (Å²) in [6, 6.07) is 46.1. The standard InChI is InChI=1S/C26H36OP2.C23H44P2.2C15H22N2OP2.C15H22N2P2.C10H20.3C5H10.6CH3.3Fe/c1-21(29(2,27)24-17-10-5-11-18-24)25-19-12-20-26(25)28(22-13-6-3-7-14-22)23-15-8-4-9-16-23;1-18(2)24(4)23-17-11-16-22(23)19(3)25(20-12-7-5-8-13-20)21-14-9-6-10-15-21;2*1-15(2,3)19(4)13-14(20(5,6)18)17-12-10-8-7-9-11(12)16-13;1-15(2,3)19(6)14-13(18(4)5)16-11-9-7-8-10-12(11)17-14;1-7(2)10-8(3)5-6-9(10)4;3*1-2-4-5-3-1;;;;;;;;;/h3-4,6-9,13-16,21,24-26H,5,10-12,17-20H2,1-2H3;18-23H,5-17H2,1-4H3;2*7-10H,1-6H3;7-10H,1-6H3;7-10H,5-6H2,1-4H3;3*1-5H2;6*1H3;;;/q;;;;;;;;;6*-1;3*+2/t21-,25?,26?,29?;19-,22?,23?,24?;3*19-;;;;;;;;;;;;;/m11000............./s1. The maximum absolute atomic E-state index is 14.1. The summed E-state index contributed by atoms with van der Waals surface area (Å²) in [5, 5.41) is 3.49. The van der Waals surface area contributed by atoms with Gasteiger partial charge in [-0.3, -0.25) is 0 Å². The molecule has 0 bridgehead atoms. The van der Waals surface area contributed by atoms with Crippen LogP contribution in [-0.2, 0) is 64.9 Å². The van der Waals surface area contributed by atoms with Gasteiger partial charge in [0.25, 0.3) is 0 Å². The summed E-state index contributed by atoms with van der Waals surface area (Å²) in [5.74, 6) is 5.55. The van der Waals surface area contributed by atoms with E-state index in [2.05, 4.69) is 247 Å². The summed E-state index contributed by atoms with van der Waals surface area (Å²) in [7, 11) is -8.51. The number of aromatic nitrogens is 6. The van der Waals surface area contributed by atoms with Crippen LogP contribution in [-0.4, -0.2) is 164 Å². The molecular formula is C125H214Fe3N6O3P10. The molecule has 9 nitrogen and oxygen atoms in total. The molecule has 0 saturated heterocycles. The molecule has 9 fully saturated rings. The van der Waals surface area contributed by atoms with Crippen molar-refractivity contribution in [1.82, 2.24) is 29.9 Å². The van der Waals surface area contributed by atoms with Crippen molar-refractivity contribution in [3.63, 3.8) is 0 Å². The number of fused-ring (bicyclic) bond motifs is 3. The third kappa shape index (κ3) is 44.8. The summed E-state index contributed by atoms with van der Waals surface area (Å²) in [6.45, 7) is 62.9. The molecule has 13 atom stereocenters. The first-order valence-corrected chi connectivity index (χ1v) is 75.1. The van der Waals surface area contributed by atoms with Crippen molar-refractivity contribution in [3.05, 3.63) is 178 Å². The van der Waals surface area contributed by atoms with Gasteiger partial charge in [-0.1, -0.05) is 434 Å². The molecule has 9 aliphatic carbocycles. The fourth-order valence-corrected chi connectivity index (χ4v) is 46.6. The number of hydrogen-bond donors (Lipinski definition) is 0. The molecule has 22 heteroatoms. The summed E-state index contributed by atoms with van der Waals surface area (Å²) in [5.41, 5.74) is 18.1. The Labute approximate surface area is 949 Å². The average molecular weight is 2330 g/mol. The smallest absolute Gasteiger partial charge is 0.358 e. The molecule has 3 aromatic heterocycles. The zero-order valence-electron chi connectivity index (χ0n) is 99.6. The number of para-hydroxylation sites is 6. The van der Waals surface area contributed by atoms with Gasteiger partial charge in [-0.2, -0.15) is 0 Å². The maximum Gasteiger partial charge on any atom is 2.00 e. The van der Waals surface area contributed by atoms with Gasteiger partial charge in [0.1, 0.15) is 25.2 Å². The monoisotopic (exact) mass is 2330 g/mol. The van der Waals surface area contributed by atoms with Gasteiger partial charge in [-0.05, 0) is 277 Å². The van der Waals surface area contributed by atoms with E-state index in [-0.39, 0.29) is 143 Å². The molecular weight excluding hydrogens is 2110 g/mol. The summed E-state index contributed by atoms with van der Waals surface area (Å²) >= 11 is 0. The molecule has 147 heavy (non-hydrogen) atoms. The third-order valence-corrected chi connectivity index (χ3v) is 60.1. The van der Waals surface area contributed by atoms with Crippen LogP contribution in [0.3, 0.4) is 0 Å². The molecule has 0 spiro atoms. The summed E-state index contributed by atoms with van der Waals surface area (Å²) in [4.78, 5) is 28.8. The quantitative estimate of drug-likeness (QED) is 0.0441. The Hall–Kier alpha value is -0.622. The van der Waals surface area contributed by atoms with E-state index in [1.54, 1.807) is 90.9 Å². The van der Waals surface area contributed by atoms with Crippen molar-refractivity contribution in [2.75, 3.05) is 73.3 Å². The van der Waals surface area contributed by atoms with Crippen molar-refractivity contribution in [2.24, 2.45) is 35.5 Å². The van der Waals surface area contributed by atoms with Crippen LogP contribution in [0.1, 0.15) is 362 Å². The molecule has 836 valence electrons. The second kappa shape index (κ2) is 71.2. The van der Waals surface area contributed by atoms with Gasteiger partial charge in [0.15, 0.2) is 0 Å². The number of hydrogen-bond acceptors (Lipinski definition) is 9. The van der Waals surface area contributed by atoms with Gasteiger partial charge in [-0.25, -0.2) is 29.9 Å². The second-order valence-electron chi connectivity index (χ2n) is 47.5. The van der Waals surface area contributed by atoms with E-state index in [0.29, 0.717) is 33.8 Å². The molecule has 0 radical (unpaired) electrons. The molecule has 3 heterocycles. The van der Waals surface area contributed by atoms with Crippen LogP contribution in [0.5, 0.6) is 0 Å². The fourth-order valence-electron chi connectivity index (χ4n) is 23.3. The first kappa shape index (κ1) is 146. The summed E-state index contributed by atoms with van der Waals surface area (Å²) < 4.78 is 39.3. The van der Waals surface area contributed by atoms with Crippen molar-refractivity contribution in [2.45, 2.75) is 422 Å². The van der Waals surface area contributed by atoms with E-state index in [4.69, 9.17) is 19.9 Å². The Morgan fingerprint density at radius 2 is 0.585 bits per heavy atom. The summed E-state index contributed by atoms with van der Waals surface area (Å²) in [6.07, 6.45) is 55.8. The van der Waals surface area contributed by atoms with Crippen molar-refractivity contribution >= 4 is 153 Å². The first-order chi connectivity index (χ1) is 65.3. The zero-order chi connectivity index (χ0) is 101. The zero-order valence-corrected chi connectivity index (χ0v) is 112. The number of nitrogens with zero attached hydrogens (tertiary/aromatic N) is 6. The van der Waals surface area contributed by atoms with Crippen molar-refractivity contribution < 1.29 is 64.9 Å². The Bertz CT molecular complexity index is 4800. The second-order valence-corrected chi connectivity index (χ2v) is 76.9. The van der Waals surface area contributed by atoms with Crippen LogP contribution in [0.2, 0.25) is 0 Å². The molecule has 8 aromatic rings. The maximum atomic E-state index is 14.1. The van der Waals surface area contributed by atoms with E-state index in [1.165, 1.54) is 201 Å². The van der Waals surface area contributed by atoms with E-state index in [0.717, 1.165) is 102 Å². The van der Waals surface area contributed by atoms with E-state index in [1.807, 2.05) is 60.7 Å². The Morgan fingerprint density at radius 1 is 0.313 bits per heavy atom. The van der Waals surface area contributed by atoms with Gasteiger partial charge in [0.05, 0.1) is 62.0 Å². The molecule has 8 unspecified atom stereocenters. The van der Waals surface area contributed by atoms with Gasteiger partial charge in [0.2, 0.25) is 0 Å². The Kier molecular flexibility index (Phi) is 70.8. The van der Waals surface area contributed by atoms with Crippen molar-refractivity contribution in [3.8, 4) is 0 Å². The van der Waals surface area contributed by atoms with Crippen LogP contribution in [0.25, 0.3) is 33.1 Å². The van der Waals surface area contributed by atoms with Gasteiger partial charge < -0.3 is 58.3 Å². The number of benzene rings is 5. The Balaban J connectivity index is 0.00000169.